The summed E-state index contributed by atoms with van der Waals surface area (Å²) in [7, 11) is 1.58. The van der Waals surface area contributed by atoms with E-state index < -0.39 is 5.91 Å². The summed E-state index contributed by atoms with van der Waals surface area (Å²) >= 11 is 0. The van der Waals surface area contributed by atoms with Crippen LogP contribution in [0.5, 0.6) is 23.0 Å². The number of methoxy groups -OCH3 is 1. The normalized spacial score (nSPS) is 17.2. The number of hydrogen-bond donors (Lipinski definition) is 2. The van der Waals surface area contributed by atoms with Gasteiger partial charge in [0.1, 0.15) is 23.2 Å². The third-order valence-corrected chi connectivity index (χ3v) is 4.26. The molecule has 1 unspecified atom stereocenters. The largest absolute Gasteiger partial charge is 0.507 e. The smallest absolute Gasteiger partial charge is 0.261 e. The first kappa shape index (κ1) is 17.0. The molecule has 1 aliphatic rings. The van der Waals surface area contributed by atoms with Gasteiger partial charge in [0.25, 0.3) is 5.91 Å². The SMILES string of the molecule is COc1ccccc1OC1CCCN(C(=O)c2c(O)cccc2O)C1. The molecule has 2 N–H and O–H groups in total. The molecular weight excluding hydrogens is 322 g/mol. The molecule has 1 aliphatic heterocycles. The van der Waals surface area contributed by atoms with Crippen LogP contribution in [0.2, 0.25) is 0 Å². The summed E-state index contributed by atoms with van der Waals surface area (Å²) in [5.74, 6) is 0.429. The molecule has 6 nitrogen and oxygen atoms in total. The van der Waals surface area contributed by atoms with Crippen molar-refractivity contribution in [1.82, 2.24) is 4.90 Å². The first-order valence-electron chi connectivity index (χ1n) is 8.20. The van der Waals surface area contributed by atoms with Gasteiger partial charge in [-0.25, -0.2) is 0 Å². The monoisotopic (exact) mass is 343 g/mol. The van der Waals surface area contributed by atoms with Crippen LogP contribution in [0.3, 0.4) is 0 Å². The number of ether oxygens (including phenoxy) is 2. The molecule has 1 fully saturated rings. The highest BCUT2D eigenvalue weighted by Crippen LogP contribution is 2.31. The van der Waals surface area contributed by atoms with Crippen LogP contribution in [-0.2, 0) is 0 Å². The lowest BCUT2D eigenvalue weighted by atomic mass is 10.1. The summed E-state index contributed by atoms with van der Waals surface area (Å²) in [4.78, 5) is 14.3. The van der Waals surface area contributed by atoms with Crippen molar-refractivity contribution >= 4 is 5.91 Å². The van der Waals surface area contributed by atoms with Gasteiger partial charge < -0.3 is 24.6 Å². The van der Waals surface area contributed by atoms with Crippen LogP contribution >= 0.6 is 0 Å². The minimum absolute atomic E-state index is 0.0690. The van der Waals surface area contributed by atoms with E-state index in [1.165, 1.54) is 18.2 Å². The van der Waals surface area contributed by atoms with Crippen LogP contribution in [0.4, 0.5) is 0 Å². The maximum absolute atomic E-state index is 12.7. The summed E-state index contributed by atoms with van der Waals surface area (Å²) in [6.45, 7) is 0.934. The number of piperidine rings is 1. The van der Waals surface area contributed by atoms with E-state index in [0.29, 0.717) is 24.6 Å². The molecule has 3 rings (SSSR count). The predicted octanol–water partition coefficient (Wildman–Crippen LogP) is 2.79. The second kappa shape index (κ2) is 7.34. The van der Waals surface area contributed by atoms with Crippen LogP contribution in [0, 0.1) is 0 Å². The molecule has 1 saturated heterocycles. The lowest BCUT2D eigenvalue weighted by Gasteiger charge is -2.33. The summed E-state index contributed by atoms with van der Waals surface area (Å²) in [5, 5.41) is 19.8. The average Bonchev–Trinajstić information content (AvgIpc) is 2.62. The van der Waals surface area contributed by atoms with E-state index in [9.17, 15) is 15.0 Å². The fourth-order valence-electron chi connectivity index (χ4n) is 3.02. The number of rotatable bonds is 4. The number of likely N-dealkylation sites (tertiary alicyclic amines) is 1. The quantitative estimate of drug-likeness (QED) is 0.892. The van der Waals surface area contributed by atoms with E-state index in [0.717, 1.165) is 12.8 Å². The molecule has 2 aromatic carbocycles. The molecule has 0 saturated carbocycles. The van der Waals surface area contributed by atoms with Crippen LogP contribution in [0.1, 0.15) is 23.2 Å². The highest BCUT2D eigenvalue weighted by atomic mass is 16.5. The van der Waals surface area contributed by atoms with E-state index in [1.807, 2.05) is 24.3 Å². The maximum Gasteiger partial charge on any atom is 0.261 e. The van der Waals surface area contributed by atoms with Crippen molar-refractivity contribution in [2.45, 2.75) is 18.9 Å². The van der Waals surface area contributed by atoms with Crippen molar-refractivity contribution in [3.05, 3.63) is 48.0 Å². The van der Waals surface area contributed by atoms with Crippen LogP contribution in [0.25, 0.3) is 0 Å². The zero-order valence-electron chi connectivity index (χ0n) is 14.0. The highest BCUT2D eigenvalue weighted by molar-refractivity contribution is 5.99. The minimum Gasteiger partial charge on any atom is -0.507 e. The fourth-order valence-corrected chi connectivity index (χ4v) is 3.02. The van der Waals surface area contributed by atoms with Crippen molar-refractivity contribution in [3.8, 4) is 23.0 Å². The summed E-state index contributed by atoms with van der Waals surface area (Å²) in [6, 6.07) is 11.6. The van der Waals surface area contributed by atoms with Crippen molar-refractivity contribution in [2.24, 2.45) is 0 Å². The third-order valence-electron chi connectivity index (χ3n) is 4.26. The molecule has 132 valence electrons. The Kier molecular flexibility index (Phi) is 4.97. The van der Waals surface area contributed by atoms with Gasteiger partial charge in [-0.15, -0.1) is 0 Å². The van der Waals surface area contributed by atoms with Crippen molar-refractivity contribution in [3.63, 3.8) is 0 Å². The number of amides is 1. The zero-order chi connectivity index (χ0) is 17.8. The molecule has 6 heteroatoms. The molecule has 1 atom stereocenters. The molecular formula is C19H21NO5. The Bertz CT molecular complexity index is 741. The predicted molar refractivity (Wildman–Crippen MR) is 92.3 cm³/mol. The number of hydrogen-bond acceptors (Lipinski definition) is 5. The van der Waals surface area contributed by atoms with Gasteiger partial charge in [0.15, 0.2) is 11.5 Å². The topological polar surface area (TPSA) is 79.2 Å². The summed E-state index contributed by atoms with van der Waals surface area (Å²) in [6.07, 6.45) is 1.41. The van der Waals surface area contributed by atoms with Gasteiger partial charge in [0.2, 0.25) is 0 Å². The fraction of sp³-hybridized carbons (Fsp3) is 0.316. The Balaban J connectivity index is 1.74. The number of para-hydroxylation sites is 2. The Labute approximate surface area is 146 Å². The Hall–Kier alpha value is -2.89. The molecule has 1 heterocycles. The van der Waals surface area contributed by atoms with Crippen LogP contribution in [0.15, 0.2) is 42.5 Å². The first-order valence-corrected chi connectivity index (χ1v) is 8.20. The van der Waals surface area contributed by atoms with Crippen LogP contribution < -0.4 is 9.47 Å². The van der Waals surface area contributed by atoms with Gasteiger partial charge in [-0.05, 0) is 37.1 Å². The molecule has 1 amide bonds. The molecule has 0 radical (unpaired) electrons. The molecule has 0 spiro atoms. The Morgan fingerprint density at radius 1 is 1.08 bits per heavy atom. The van der Waals surface area contributed by atoms with Gasteiger partial charge >= 0.3 is 0 Å². The minimum atomic E-state index is -0.399. The standard InChI is InChI=1S/C19H21NO5/c1-24-16-9-2-3-10-17(16)25-13-6-5-11-20(12-13)19(23)18-14(21)7-4-8-15(18)22/h2-4,7-10,13,21-22H,5-6,11-12H2,1H3. The van der Waals surface area contributed by atoms with Crippen molar-refractivity contribution < 1.29 is 24.5 Å². The lowest BCUT2D eigenvalue weighted by Crippen LogP contribution is -2.44. The first-order chi connectivity index (χ1) is 12.1. The highest BCUT2D eigenvalue weighted by Gasteiger charge is 2.29. The third kappa shape index (κ3) is 3.63. The van der Waals surface area contributed by atoms with E-state index in [1.54, 1.807) is 12.0 Å². The summed E-state index contributed by atoms with van der Waals surface area (Å²) < 4.78 is 11.3. The number of nitrogens with zero attached hydrogens (tertiary/aromatic N) is 1. The van der Waals surface area contributed by atoms with E-state index >= 15 is 0 Å². The van der Waals surface area contributed by atoms with Crippen molar-refractivity contribution in [1.29, 1.82) is 0 Å². The number of carbonyl (C=O) groups excluding carboxylic acids is 1. The van der Waals surface area contributed by atoms with Gasteiger partial charge in [-0.2, -0.15) is 0 Å². The van der Waals surface area contributed by atoms with E-state index in [4.69, 9.17) is 9.47 Å². The van der Waals surface area contributed by atoms with Crippen molar-refractivity contribution in [2.75, 3.05) is 20.2 Å². The maximum atomic E-state index is 12.7. The number of carbonyl (C=O) groups is 1. The number of phenols is 2. The Morgan fingerprint density at radius 2 is 1.76 bits per heavy atom. The van der Waals surface area contributed by atoms with Gasteiger partial charge in [-0.1, -0.05) is 18.2 Å². The molecule has 25 heavy (non-hydrogen) atoms. The summed E-state index contributed by atoms with van der Waals surface area (Å²) in [5.41, 5.74) is -0.0690. The Morgan fingerprint density at radius 3 is 2.44 bits per heavy atom. The molecule has 0 aromatic heterocycles. The lowest BCUT2D eigenvalue weighted by molar-refractivity contribution is 0.0527. The van der Waals surface area contributed by atoms with Crippen LogP contribution in [-0.4, -0.2) is 47.3 Å². The van der Waals surface area contributed by atoms with Gasteiger partial charge in [-0.3, -0.25) is 4.79 Å². The van der Waals surface area contributed by atoms with Gasteiger partial charge in [0, 0.05) is 6.54 Å². The van der Waals surface area contributed by atoms with E-state index in [2.05, 4.69) is 0 Å². The number of aromatic hydroxyl groups is 2. The molecule has 2 aromatic rings. The molecule has 0 aliphatic carbocycles. The number of benzene rings is 2. The molecule has 0 bridgehead atoms. The zero-order valence-corrected chi connectivity index (χ0v) is 14.0. The second-order valence-electron chi connectivity index (χ2n) is 5.96. The average molecular weight is 343 g/mol. The second-order valence-corrected chi connectivity index (χ2v) is 5.96. The number of phenolic OH excluding ortho intramolecular Hbond substituents is 2. The van der Waals surface area contributed by atoms with Gasteiger partial charge in [0.05, 0.1) is 13.7 Å². The van der Waals surface area contributed by atoms with E-state index in [-0.39, 0.29) is 23.2 Å².